The summed E-state index contributed by atoms with van der Waals surface area (Å²) in [5.74, 6) is 0.459. The van der Waals surface area contributed by atoms with Gasteiger partial charge in [0.2, 0.25) is 5.95 Å². The van der Waals surface area contributed by atoms with Gasteiger partial charge in [-0.2, -0.15) is 13.5 Å². The highest BCUT2D eigenvalue weighted by Crippen LogP contribution is 2.23. The number of rotatable bonds is 7. The van der Waals surface area contributed by atoms with Crippen LogP contribution in [0, 0.1) is 5.82 Å². The van der Waals surface area contributed by atoms with Crippen LogP contribution in [0.1, 0.15) is 18.5 Å². The van der Waals surface area contributed by atoms with Crippen LogP contribution in [-0.4, -0.2) is 49.0 Å². The molecule has 0 saturated carbocycles. The van der Waals surface area contributed by atoms with Gasteiger partial charge in [0, 0.05) is 37.1 Å². The lowest BCUT2D eigenvalue weighted by molar-refractivity contribution is 0.247. The zero-order valence-electron chi connectivity index (χ0n) is 20.2. The Morgan fingerprint density at radius 2 is 1.95 bits per heavy atom. The SMILES string of the molecule is C/C=C\S(=O)(=O)O.Cn1nccc1Nc1nccc(-c2ccn([C@H](CO)c3ccc(Cl)c(F)c3)c(=O)c2)n1. The zero-order valence-corrected chi connectivity index (χ0v) is 21.8. The maximum atomic E-state index is 13.8. The number of pyridine rings is 1. The summed E-state index contributed by atoms with van der Waals surface area (Å²) in [4.78, 5) is 21.4. The van der Waals surface area contributed by atoms with Crippen LogP contribution in [0.4, 0.5) is 16.2 Å². The molecular weight excluding hydrogens is 539 g/mol. The van der Waals surface area contributed by atoms with Crippen molar-refractivity contribution < 1.29 is 22.5 Å². The number of aliphatic hydroxyl groups is 1. The van der Waals surface area contributed by atoms with Gasteiger partial charge < -0.3 is 15.0 Å². The van der Waals surface area contributed by atoms with Crippen LogP contribution < -0.4 is 10.9 Å². The molecular formula is C24H24ClFN6O5S. The van der Waals surface area contributed by atoms with Crippen molar-refractivity contribution in [1.82, 2.24) is 24.3 Å². The Labute approximate surface area is 222 Å². The van der Waals surface area contributed by atoms with Gasteiger partial charge in [0.05, 0.1) is 35.0 Å². The first kappa shape index (κ1) is 28.7. The van der Waals surface area contributed by atoms with E-state index in [1.807, 2.05) is 0 Å². The average molecular weight is 563 g/mol. The van der Waals surface area contributed by atoms with E-state index in [0.29, 0.717) is 34.0 Å². The molecule has 0 saturated heterocycles. The molecule has 0 aliphatic carbocycles. The number of aryl methyl sites for hydroxylation is 1. The summed E-state index contributed by atoms with van der Waals surface area (Å²) >= 11 is 5.73. The van der Waals surface area contributed by atoms with Crippen LogP contribution in [0.15, 0.2) is 77.3 Å². The van der Waals surface area contributed by atoms with Crippen molar-refractivity contribution in [2.24, 2.45) is 7.05 Å². The van der Waals surface area contributed by atoms with E-state index in [1.54, 1.807) is 54.6 Å². The van der Waals surface area contributed by atoms with Gasteiger partial charge >= 0.3 is 0 Å². The molecule has 200 valence electrons. The number of hydrogen-bond donors (Lipinski definition) is 3. The summed E-state index contributed by atoms with van der Waals surface area (Å²) < 4.78 is 44.1. The second-order valence-electron chi connectivity index (χ2n) is 7.75. The van der Waals surface area contributed by atoms with Crippen LogP contribution in [0.3, 0.4) is 0 Å². The third-order valence-corrected chi connectivity index (χ3v) is 6.03. The Bertz CT molecular complexity index is 1610. The third kappa shape index (κ3) is 7.55. The molecule has 14 heteroatoms. The van der Waals surface area contributed by atoms with Crippen molar-refractivity contribution in [2.45, 2.75) is 13.0 Å². The van der Waals surface area contributed by atoms with E-state index in [2.05, 4.69) is 20.4 Å². The Balaban J connectivity index is 0.000000505. The second kappa shape index (κ2) is 12.6. The molecule has 0 spiro atoms. The lowest BCUT2D eigenvalue weighted by Gasteiger charge is -2.18. The molecule has 4 aromatic rings. The molecule has 3 heterocycles. The van der Waals surface area contributed by atoms with E-state index < -0.39 is 22.0 Å². The van der Waals surface area contributed by atoms with Crippen molar-refractivity contribution in [1.29, 1.82) is 0 Å². The summed E-state index contributed by atoms with van der Waals surface area (Å²) in [7, 11) is -2.07. The van der Waals surface area contributed by atoms with Gasteiger partial charge in [-0.25, -0.2) is 14.4 Å². The number of hydrogen-bond acceptors (Lipinski definition) is 8. The number of nitrogens with zero attached hydrogens (tertiary/aromatic N) is 5. The van der Waals surface area contributed by atoms with Crippen LogP contribution in [-0.2, 0) is 17.2 Å². The minimum absolute atomic E-state index is 0.0255. The van der Waals surface area contributed by atoms with E-state index >= 15 is 0 Å². The van der Waals surface area contributed by atoms with Crippen LogP contribution >= 0.6 is 11.6 Å². The van der Waals surface area contributed by atoms with E-state index in [0.717, 1.165) is 0 Å². The smallest absolute Gasteiger partial charge is 0.287 e. The predicted molar refractivity (Wildman–Crippen MR) is 141 cm³/mol. The number of anilines is 2. The summed E-state index contributed by atoms with van der Waals surface area (Å²) in [6.07, 6.45) is 6.02. The summed E-state index contributed by atoms with van der Waals surface area (Å²) in [6.45, 7) is 1.13. The molecule has 0 amide bonds. The van der Waals surface area contributed by atoms with Gasteiger partial charge in [-0.15, -0.1) is 0 Å². The maximum Gasteiger partial charge on any atom is 0.287 e. The van der Waals surface area contributed by atoms with Crippen LogP contribution in [0.2, 0.25) is 5.02 Å². The van der Waals surface area contributed by atoms with Crippen molar-refractivity contribution in [3.63, 3.8) is 0 Å². The molecule has 3 N–H and O–H groups in total. The number of benzene rings is 1. The quantitative estimate of drug-likeness (QED) is 0.287. The van der Waals surface area contributed by atoms with Gasteiger partial charge in [0.25, 0.3) is 15.7 Å². The van der Waals surface area contributed by atoms with E-state index in [4.69, 9.17) is 16.2 Å². The van der Waals surface area contributed by atoms with Gasteiger partial charge in [0.1, 0.15) is 11.6 Å². The largest absolute Gasteiger partial charge is 0.394 e. The first-order valence-electron chi connectivity index (χ1n) is 11.0. The lowest BCUT2D eigenvalue weighted by atomic mass is 10.1. The van der Waals surface area contributed by atoms with Crippen molar-refractivity contribution in [3.8, 4) is 11.3 Å². The van der Waals surface area contributed by atoms with E-state index in [-0.39, 0.29) is 17.2 Å². The monoisotopic (exact) mass is 562 g/mol. The molecule has 0 fully saturated rings. The molecule has 0 bridgehead atoms. The lowest BCUT2D eigenvalue weighted by Crippen LogP contribution is -2.27. The second-order valence-corrected chi connectivity index (χ2v) is 9.46. The van der Waals surface area contributed by atoms with Crippen molar-refractivity contribution >= 4 is 33.5 Å². The molecule has 1 atom stereocenters. The Hall–Kier alpha value is -3.91. The highest BCUT2D eigenvalue weighted by Gasteiger charge is 2.16. The zero-order chi connectivity index (χ0) is 27.9. The van der Waals surface area contributed by atoms with Gasteiger partial charge in [0.15, 0.2) is 0 Å². The Morgan fingerprint density at radius 3 is 2.50 bits per heavy atom. The highest BCUT2D eigenvalue weighted by atomic mass is 35.5. The van der Waals surface area contributed by atoms with Gasteiger partial charge in [-0.3, -0.25) is 14.0 Å². The molecule has 0 radical (unpaired) electrons. The maximum absolute atomic E-state index is 13.8. The Kier molecular flexibility index (Phi) is 9.47. The first-order valence-corrected chi connectivity index (χ1v) is 12.9. The minimum atomic E-state index is -3.85. The average Bonchev–Trinajstić information content (AvgIpc) is 3.26. The summed E-state index contributed by atoms with van der Waals surface area (Å²) in [5, 5.41) is 17.7. The number of halogens is 2. The summed E-state index contributed by atoms with van der Waals surface area (Å²) in [5.41, 5.74) is 1.19. The molecule has 38 heavy (non-hydrogen) atoms. The van der Waals surface area contributed by atoms with Crippen LogP contribution in [0.5, 0.6) is 0 Å². The fourth-order valence-electron chi connectivity index (χ4n) is 3.34. The number of nitrogens with one attached hydrogen (secondary N) is 1. The Morgan fingerprint density at radius 1 is 1.18 bits per heavy atom. The van der Waals surface area contributed by atoms with Crippen molar-refractivity contribution in [3.05, 3.63) is 99.3 Å². The molecule has 0 unspecified atom stereocenters. The molecule has 4 rings (SSSR count). The van der Waals surface area contributed by atoms with E-state index in [9.17, 15) is 22.7 Å². The van der Waals surface area contributed by atoms with Gasteiger partial charge in [-0.1, -0.05) is 23.7 Å². The predicted octanol–water partition coefficient (Wildman–Crippen LogP) is 3.56. The van der Waals surface area contributed by atoms with Crippen molar-refractivity contribution in [2.75, 3.05) is 11.9 Å². The topological polar surface area (TPSA) is 152 Å². The molecule has 1 aromatic carbocycles. The first-order chi connectivity index (χ1) is 18.0. The fraction of sp³-hybridized carbons (Fsp3) is 0.167. The molecule has 3 aromatic heterocycles. The van der Waals surface area contributed by atoms with Crippen LogP contribution in [0.25, 0.3) is 11.3 Å². The third-order valence-electron chi connectivity index (χ3n) is 5.11. The molecule has 0 aliphatic heterocycles. The normalized spacial score (nSPS) is 12.2. The highest BCUT2D eigenvalue weighted by molar-refractivity contribution is 7.88. The van der Waals surface area contributed by atoms with Gasteiger partial charge in [-0.05, 0) is 36.8 Å². The number of aromatic nitrogens is 5. The van der Waals surface area contributed by atoms with E-state index in [1.165, 1.54) is 35.8 Å². The minimum Gasteiger partial charge on any atom is -0.394 e. The molecule has 0 aliphatic rings. The standard InChI is InChI=1S/C21H18ClFN6O2.C3H6O3S/c1-28-19(5-8-25-28)27-21-24-7-4-17(26-21)13-6-9-29(20(31)11-13)18(12-30)14-2-3-15(22)16(23)10-14;1-2-3-7(4,5)6/h2-11,18,30H,12H2,1H3,(H,24,26,27);2-3H,1H3,(H,4,5,6)/b;3-2-/t18-;/m1./s1. The summed E-state index contributed by atoms with van der Waals surface area (Å²) in [6, 6.07) is 10.0. The fourth-order valence-corrected chi connectivity index (χ4v) is 3.80. The molecule has 11 nitrogen and oxygen atoms in total. The number of aliphatic hydroxyl groups excluding tert-OH is 1. The number of allylic oxidation sites excluding steroid dienone is 1.